The highest BCUT2D eigenvalue weighted by Gasteiger charge is 2.05. The van der Waals surface area contributed by atoms with Crippen molar-refractivity contribution in [2.45, 2.75) is 19.3 Å². The molecule has 2 N–H and O–H groups in total. The lowest BCUT2D eigenvalue weighted by atomic mass is 10.1. The van der Waals surface area contributed by atoms with Crippen LogP contribution >= 0.6 is 23.2 Å². The van der Waals surface area contributed by atoms with Crippen LogP contribution in [-0.4, -0.2) is 23.5 Å². The minimum atomic E-state index is -0.867. The van der Waals surface area contributed by atoms with E-state index in [1.54, 1.807) is 18.2 Å². The molecule has 0 fully saturated rings. The van der Waals surface area contributed by atoms with Gasteiger partial charge in [0.15, 0.2) is 0 Å². The zero-order valence-electron chi connectivity index (χ0n) is 9.58. The van der Waals surface area contributed by atoms with Gasteiger partial charge in [0.25, 0.3) is 0 Å². The number of carbonyl (C=O) groups is 2. The first kappa shape index (κ1) is 14.8. The lowest BCUT2D eigenvalue weighted by Crippen LogP contribution is -2.26. The van der Waals surface area contributed by atoms with Crippen molar-refractivity contribution in [2.75, 3.05) is 6.54 Å². The summed E-state index contributed by atoms with van der Waals surface area (Å²) in [6, 6.07) is 5.00. The second-order valence-electron chi connectivity index (χ2n) is 3.77. The van der Waals surface area contributed by atoms with Gasteiger partial charge in [-0.3, -0.25) is 9.59 Å². The molecule has 0 aliphatic rings. The van der Waals surface area contributed by atoms with Gasteiger partial charge >= 0.3 is 5.97 Å². The number of amides is 1. The van der Waals surface area contributed by atoms with Crippen LogP contribution in [0.25, 0.3) is 0 Å². The molecule has 1 amide bonds. The van der Waals surface area contributed by atoms with Crippen LogP contribution in [0.15, 0.2) is 18.2 Å². The molecular formula is C12H13Cl2NO3. The molecule has 0 saturated heterocycles. The number of nitrogens with one attached hydrogen (secondary N) is 1. The molecule has 0 saturated carbocycles. The van der Waals surface area contributed by atoms with Crippen molar-refractivity contribution in [3.63, 3.8) is 0 Å². The summed E-state index contributed by atoms with van der Waals surface area (Å²) in [6.07, 6.45) is 0.666. The average molecular weight is 290 g/mol. The summed E-state index contributed by atoms with van der Waals surface area (Å²) in [4.78, 5) is 21.8. The highest BCUT2D eigenvalue weighted by molar-refractivity contribution is 6.42. The fraction of sp³-hybridized carbons (Fsp3) is 0.333. The molecule has 0 radical (unpaired) electrons. The van der Waals surface area contributed by atoms with Crippen molar-refractivity contribution in [3.8, 4) is 0 Å². The summed E-state index contributed by atoms with van der Waals surface area (Å²) < 4.78 is 0. The van der Waals surface area contributed by atoms with E-state index in [0.29, 0.717) is 23.0 Å². The summed E-state index contributed by atoms with van der Waals surface area (Å²) in [7, 11) is 0. The summed E-state index contributed by atoms with van der Waals surface area (Å²) in [5.74, 6) is -1.03. The molecule has 98 valence electrons. The topological polar surface area (TPSA) is 66.4 Å². The van der Waals surface area contributed by atoms with Crippen LogP contribution in [0.4, 0.5) is 0 Å². The van der Waals surface area contributed by atoms with Crippen molar-refractivity contribution in [1.82, 2.24) is 5.32 Å². The summed E-state index contributed by atoms with van der Waals surface area (Å²) in [6.45, 7) is 0.354. The SMILES string of the molecule is O=C(O)CCCNC(=O)Cc1ccc(Cl)c(Cl)c1. The number of carboxylic acid groups (broad SMARTS) is 1. The van der Waals surface area contributed by atoms with E-state index >= 15 is 0 Å². The second kappa shape index (κ2) is 7.24. The molecule has 0 atom stereocenters. The molecule has 0 aromatic heterocycles. The average Bonchev–Trinajstić information content (AvgIpc) is 2.29. The molecule has 4 nitrogen and oxygen atoms in total. The normalized spacial score (nSPS) is 10.1. The third-order valence-corrected chi connectivity index (χ3v) is 2.98. The molecule has 0 heterocycles. The maximum Gasteiger partial charge on any atom is 0.303 e. The Morgan fingerprint density at radius 1 is 1.22 bits per heavy atom. The molecule has 18 heavy (non-hydrogen) atoms. The lowest BCUT2D eigenvalue weighted by Gasteiger charge is -2.05. The lowest BCUT2D eigenvalue weighted by molar-refractivity contribution is -0.137. The van der Waals surface area contributed by atoms with Crippen molar-refractivity contribution in [1.29, 1.82) is 0 Å². The summed E-state index contributed by atoms with van der Waals surface area (Å²) >= 11 is 11.6. The summed E-state index contributed by atoms with van der Waals surface area (Å²) in [5, 5.41) is 11.9. The molecule has 1 aromatic carbocycles. The van der Waals surface area contributed by atoms with E-state index in [1.807, 2.05) is 0 Å². The maximum absolute atomic E-state index is 11.5. The second-order valence-corrected chi connectivity index (χ2v) is 4.59. The van der Waals surface area contributed by atoms with Gasteiger partial charge in [0.05, 0.1) is 16.5 Å². The fourth-order valence-electron chi connectivity index (χ4n) is 1.36. The van der Waals surface area contributed by atoms with E-state index < -0.39 is 5.97 Å². The van der Waals surface area contributed by atoms with Crippen LogP contribution in [0.1, 0.15) is 18.4 Å². The number of benzene rings is 1. The van der Waals surface area contributed by atoms with E-state index in [0.717, 1.165) is 5.56 Å². The van der Waals surface area contributed by atoms with E-state index in [1.165, 1.54) is 0 Å². The fourth-order valence-corrected chi connectivity index (χ4v) is 1.69. The van der Waals surface area contributed by atoms with E-state index in [9.17, 15) is 9.59 Å². The number of carboxylic acids is 1. The number of aliphatic carboxylic acids is 1. The van der Waals surface area contributed by atoms with E-state index in [-0.39, 0.29) is 18.7 Å². The van der Waals surface area contributed by atoms with Crippen LogP contribution in [0, 0.1) is 0 Å². The summed E-state index contributed by atoms with van der Waals surface area (Å²) in [5.41, 5.74) is 0.764. The molecule has 0 bridgehead atoms. The standard InChI is InChI=1S/C12H13Cl2NO3/c13-9-4-3-8(6-10(9)14)7-11(16)15-5-1-2-12(17)18/h3-4,6H,1-2,5,7H2,(H,15,16)(H,17,18). The van der Waals surface area contributed by atoms with E-state index in [4.69, 9.17) is 28.3 Å². The van der Waals surface area contributed by atoms with Crippen molar-refractivity contribution in [2.24, 2.45) is 0 Å². The zero-order valence-corrected chi connectivity index (χ0v) is 11.1. The maximum atomic E-state index is 11.5. The molecule has 0 aliphatic heterocycles. The van der Waals surface area contributed by atoms with Crippen LogP contribution in [0.3, 0.4) is 0 Å². The molecule has 0 unspecified atom stereocenters. The van der Waals surface area contributed by atoms with Crippen LogP contribution in [0.5, 0.6) is 0 Å². The highest BCUT2D eigenvalue weighted by Crippen LogP contribution is 2.22. The highest BCUT2D eigenvalue weighted by atomic mass is 35.5. The Bertz CT molecular complexity index is 449. The number of rotatable bonds is 6. The number of hydrogen-bond donors (Lipinski definition) is 2. The monoisotopic (exact) mass is 289 g/mol. The molecule has 0 aliphatic carbocycles. The largest absolute Gasteiger partial charge is 0.481 e. The first-order chi connectivity index (χ1) is 8.49. The number of carbonyl (C=O) groups excluding carboxylic acids is 1. The third kappa shape index (κ3) is 5.38. The Morgan fingerprint density at radius 3 is 2.56 bits per heavy atom. The minimum Gasteiger partial charge on any atom is -0.481 e. The first-order valence-electron chi connectivity index (χ1n) is 5.41. The molecule has 0 spiro atoms. The van der Waals surface area contributed by atoms with E-state index in [2.05, 4.69) is 5.32 Å². The van der Waals surface area contributed by atoms with Crippen molar-refractivity contribution >= 4 is 35.1 Å². The first-order valence-corrected chi connectivity index (χ1v) is 6.17. The van der Waals surface area contributed by atoms with Gasteiger partial charge in [-0.1, -0.05) is 29.3 Å². The molecule has 1 rings (SSSR count). The predicted octanol–water partition coefficient (Wildman–Crippen LogP) is 2.52. The third-order valence-electron chi connectivity index (χ3n) is 2.24. The quantitative estimate of drug-likeness (QED) is 0.791. The Balaban J connectivity index is 2.35. The minimum absolute atomic E-state index is 0.0487. The van der Waals surface area contributed by atoms with Crippen molar-refractivity contribution < 1.29 is 14.7 Å². The van der Waals surface area contributed by atoms with Crippen LogP contribution < -0.4 is 5.32 Å². The Kier molecular flexibility index (Phi) is 5.95. The molecule has 6 heteroatoms. The van der Waals surface area contributed by atoms with Gasteiger partial charge < -0.3 is 10.4 Å². The van der Waals surface area contributed by atoms with Gasteiger partial charge in [-0.2, -0.15) is 0 Å². The van der Waals surface area contributed by atoms with Crippen LogP contribution in [0.2, 0.25) is 10.0 Å². The van der Waals surface area contributed by atoms with Gasteiger partial charge in [-0.05, 0) is 24.1 Å². The number of hydrogen-bond acceptors (Lipinski definition) is 2. The van der Waals surface area contributed by atoms with Gasteiger partial charge in [0.2, 0.25) is 5.91 Å². The van der Waals surface area contributed by atoms with Crippen LogP contribution in [-0.2, 0) is 16.0 Å². The zero-order chi connectivity index (χ0) is 13.5. The predicted molar refractivity (Wildman–Crippen MR) is 70.0 cm³/mol. The molecule has 1 aromatic rings. The van der Waals surface area contributed by atoms with Crippen molar-refractivity contribution in [3.05, 3.63) is 33.8 Å². The van der Waals surface area contributed by atoms with Gasteiger partial charge in [-0.25, -0.2) is 0 Å². The Morgan fingerprint density at radius 2 is 1.94 bits per heavy atom. The van der Waals surface area contributed by atoms with Gasteiger partial charge in [-0.15, -0.1) is 0 Å². The Labute approximate surface area is 115 Å². The van der Waals surface area contributed by atoms with Gasteiger partial charge in [0.1, 0.15) is 0 Å². The molecular weight excluding hydrogens is 277 g/mol. The number of halogens is 2. The van der Waals surface area contributed by atoms with Gasteiger partial charge in [0, 0.05) is 13.0 Å². The smallest absolute Gasteiger partial charge is 0.303 e. The Hall–Kier alpha value is -1.26.